The highest BCUT2D eigenvalue weighted by Gasteiger charge is 2.38. The first kappa shape index (κ1) is 15.8. The van der Waals surface area contributed by atoms with Crippen LogP contribution in [0.3, 0.4) is 0 Å². The van der Waals surface area contributed by atoms with Crippen LogP contribution in [0, 0.1) is 0 Å². The third kappa shape index (κ3) is 3.62. The van der Waals surface area contributed by atoms with Crippen LogP contribution < -0.4 is 5.32 Å². The summed E-state index contributed by atoms with van der Waals surface area (Å²) >= 11 is 0. The van der Waals surface area contributed by atoms with Gasteiger partial charge in [0, 0.05) is 37.3 Å². The summed E-state index contributed by atoms with van der Waals surface area (Å²) < 4.78 is 0. The van der Waals surface area contributed by atoms with Gasteiger partial charge >= 0.3 is 0 Å². The number of hydrogen-bond acceptors (Lipinski definition) is 3. The molecule has 2 saturated heterocycles. The molecule has 0 aromatic heterocycles. The van der Waals surface area contributed by atoms with Crippen molar-refractivity contribution in [1.29, 1.82) is 0 Å². The van der Waals surface area contributed by atoms with Gasteiger partial charge < -0.3 is 5.32 Å². The zero-order valence-electron chi connectivity index (χ0n) is 14.2. The van der Waals surface area contributed by atoms with Gasteiger partial charge in [0.15, 0.2) is 0 Å². The Hall–Kier alpha value is -0.120. The van der Waals surface area contributed by atoms with Crippen molar-refractivity contribution in [2.45, 2.75) is 88.9 Å². The SMILES string of the molecule is CNC1CCCCCCC1N1CC2CCCCN2CC1C. The van der Waals surface area contributed by atoms with Crippen molar-refractivity contribution < 1.29 is 0 Å². The molecule has 4 atom stereocenters. The van der Waals surface area contributed by atoms with E-state index in [-0.39, 0.29) is 0 Å². The topological polar surface area (TPSA) is 18.5 Å². The maximum Gasteiger partial charge on any atom is 0.0253 e. The summed E-state index contributed by atoms with van der Waals surface area (Å²) in [5.41, 5.74) is 0. The lowest BCUT2D eigenvalue weighted by Gasteiger charge is -2.51. The average Bonchev–Trinajstić information content (AvgIpc) is 2.47. The molecular formula is C18H35N3. The van der Waals surface area contributed by atoms with Gasteiger partial charge in [-0.25, -0.2) is 0 Å². The Kier molecular flexibility index (Phi) is 5.58. The first-order valence-electron chi connectivity index (χ1n) is 9.46. The zero-order chi connectivity index (χ0) is 14.7. The van der Waals surface area contributed by atoms with Crippen LogP contribution in [-0.2, 0) is 0 Å². The summed E-state index contributed by atoms with van der Waals surface area (Å²) in [5, 5.41) is 3.66. The molecule has 3 heteroatoms. The standard InChI is InChI=1S/C18H35N3/c1-15-13-20-12-8-7-9-16(20)14-21(15)18-11-6-4-3-5-10-17(18)19-2/h15-19H,3-14H2,1-2H3. The fourth-order valence-electron chi connectivity index (χ4n) is 5.04. The summed E-state index contributed by atoms with van der Waals surface area (Å²) in [4.78, 5) is 5.67. The molecule has 0 amide bonds. The van der Waals surface area contributed by atoms with Crippen LogP contribution in [0.1, 0.15) is 64.7 Å². The Labute approximate surface area is 131 Å². The molecule has 2 heterocycles. The second-order valence-corrected chi connectivity index (χ2v) is 7.64. The maximum atomic E-state index is 3.66. The van der Waals surface area contributed by atoms with Crippen molar-refractivity contribution in [2.75, 3.05) is 26.7 Å². The fraction of sp³-hybridized carbons (Fsp3) is 1.00. The highest BCUT2D eigenvalue weighted by Crippen LogP contribution is 2.29. The second kappa shape index (κ2) is 7.43. The van der Waals surface area contributed by atoms with E-state index in [1.165, 1.54) is 77.4 Å². The van der Waals surface area contributed by atoms with Gasteiger partial charge in [-0.2, -0.15) is 0 Å². The Balaban J connectivity index is 1.69. The van der Waals surface area contributed by atoms with E-state index >= 15 is 0 Å². The van der Waals surface area contributed by atoms with Crippen LogP contribution in [0.15, 0.2) is 0 Å². The van der Waals surface area contributed by atoms with Crippen LogP contribution in [0.4, 0.5) is 0 Å². The van der Waals surface area contributed by atoms with Crippen molar-refractivity contribution in [3.63, 3.8) is 0 Å². The molecule has 0 aromatic rings. The number of fused-ring (bicyclic) bond motifs is 1. The molecule has 1 aliphatic carbocycles. The minimum atomic E-state index is 0.711. The lowest BCUT2D eigenvalue weighted by atomic mass is 9.88. The number of hydrogen-bond donors (Lipinski definition) is 1. The van der Waals surface area contributed by atoms with Gasteiger partial charge in [0.2, 0.25) is 0 Å². The quantitative estimate of drug-likeness (QED) is 0.844. The number of piperidine rings is 1. The van der Waals surface area contributed by atoms with Gasteiger partial charge in [0.1, 0.15) is 0 Å². The average molecular weight is 293 g/mol. The number of rotatable bonds is 2. The molecule has 3 aliphatic rings. The molecule has 4 unspecified atom stereocenters. The third-order valence-corrected chi connectivity index (χ3v) is 6.26. The van der Waals surface area contributed by atoms with Crippen molar-refractivity contribution in [3.05, 3.63) is 0 Å². The number of piperazine rings is 1. The van der Waals surface area contributed by atoms with E-state index in [0.29, 0.717) is 6.04 Å². The van der Waals surface area contributed by atoms with E-state index in [0.717, 1.165) is 18.1 Å². The molecule has 3 fully saturated rings. The Morgan fingerprint density at radius 1 is 0.857 bits per heavy atom. The summed E-state index contributed by atoms with van der Waals surface area (Å²) in [6.45, 7) is 6.45. The smallest absolute Gasteiger partial charge is 0.0253 e. The van der Waals surface area contributed by atoms with E-state index in [4.69, 9.17) is 0 Å². The predicted molar refractivity (Wildman–Crippen MR) is 89.7 cm³/mol. The van der Waals surface area contributed by atoms with Crippen LogP contribution in [0.2, 0.25) is 0 Å². The highest BCUT2D eigenvalue weighted by atomic mass is 15.3. The van der Waals surface area contributed by atoms with Crippen LogP contribution >= 0.6 is 0 Å². The third-order valence-electron chi connectivity index (χ3n) is 6.26. The van der Waals surface area contributed by atoms with E-state index in [9.17, 15) is 0 Å². The van der Waals surface area contributed by atoms with Gasteiger partial charge in [-0.05, 0) is 46.2 Å². The van der Waals surface area contributed by atoms with Crippen molar-refractivity contribution in [1.82, 2.24) is 15.1 Å². The first-order chi connectivity index (χ1) is 10.3. The van der Waals surface area contributed by atoms with Gasteiger partial charge in [0.25, 0.3) is 0 Å². The van der Waals surface area contributed by atoms with Crippen molar-refractivity contribution in [3.8, 4) is 0 Å². The Bertz CT molecular complexity index is 320. The zero-order valence-corrected chi connectivity index (χ0v) is 14.2. The van der Waals surface area contributed by atoms with Crippen molar-refractivity contribution >= 4 is 0 Å². The van der Waals surface area contributed by atoms with E-state index in [2.05, 4.69) is 29.1 Å². The van der Waals surface area contributed by atoms with Crippen LogP contribution in [-0.4, -0.2) is 60.6 Å². The van der Waals surface area contributed by atoms with E-state index in [1.807, 2.05) is 0 Å². The first-order valence-corrected chi connectivity index (χ1v) is 9.46. The molecule has 122 valence electrons. The minimum Gasteiger partial charge on any atom is -0.315 e. The summed E-state index contributed by atoms with van der Waals surface area (Å²) in [7, 11) is 2.18. The largest absolute Gasteiger partial charge is 0.315 e. The van der Waals surface area contributed by atoms with Gasteiger partial charge in [0.05, 0.1) is 0 Å². The van der Waals surface area contributed by atoms with Gasteiger partial charge in [-0.3, -0.25) is 9.80 Å². The van der Waals surface area contributed by atoms with E-state index < -0.39 is 0 Å². The number of likely N-dealkylation sites (N-methyl/N-ethyl adjacent to an activating group) is 1. The lowest BCUT2D eigenvalue weighted by molar-refractivity contribution is -0.0205. The number of nitrogens with zero attached hydrogens (tertiary/aromatic N) is 2. The van der Waals surface area contributed by atoms with Crippen LogP contribution in [0.5, 0.6) is 0 Å². The van der Waals surface area contributed by atoms with E-state index in [1.54, 1.807) is 0 Å². The Morgan fingerprint density at radius 2 is 1.62 bits per heavy atom. The van der Waals surface area contributed by atoms with Crippen LogP contribution in [0.25, 0.3) is 0 Å². The monoisotopic (exact) mass is 293 g/mol. The molecule has 1 saturated carbocycles. The molecular weight excluding hydrogens is 258 g/mol. The molecule has 3 nitrogen and oxygen atoms in total. The van der Waals surface area contributed by atoms with Gasteiger partial charge in [-0.15, -0.1) is 0 Å². The minimum absolute atomic E-state index is 0.711. The molecule has 0 bridgehead atoms. The normalized spacial score (nSPS) is 40.3. The summed E-state index contributed by atoms with van der Waals surface area (Å²) in [5.74, 6) is 0. The second-order valence-electron chi connectivity index (χ2n) is 7.64. The number of nitrogens with one attached hydrogen (secondary N) is 1. The summed E-state index contributed by atoms with van der Waals surface area (Å²) in [6, 6.07) is 3.06. The molecule has 3 rings (SSSR count). The highest BCUT2D eigenvalue weighted by molar-refractivity contribution is 4.95. The Morgan fingerprint density at radius 3 is 2.43 bits per heavy atom. The van der Waals surface area contributed by atoms with Crippen molar-refractivity contribution in [2.24, 2.45) is 0 Å². The molecule has 2 aliphatic heterocycles. The lowest BCUT2D eigenvalue weighted by Crippen LogP contribution is -2.64. The maximum absolute atomic E-state index is 3.66. The fourth-order valence-corrected chi connectivity index (χ4v) is 5.04. The molecule has 0 aromatic carbocycles. The molecule has 0 spiro atoms. The molecule has 21 heavy (non-hydrogen) atoms. The van der Waals surface area contributed by atoms with Gasteiger partial charge in [-0.1, -0.05) is 32.1 Å². The predicted octanol–water partition coefficient (Wildman–Crippen LogP) is 2.86. The molecule has 1 N–H and O–H groups in total. The molecule has 0 radical (unpaired) electrons. The summed E-state index contributed by atoms with van der Waals surface area (Å²) in [6.07, 6.45) is 12.8.